The molecule has 76 valence electrons. The molecule has 0 aliphatic carbocycles. The van der Waals surface area contributed by atoms with Gasteiger partial charge >= 0.3 is 6.18 Å². The van der Waals surface area contributed by atoms with Crippen molar-refractivity contribution < 1.29 is 17.6 Å². The lowest BCUT2D eigenvalue weighted by molar-refractivity contribution is -0.138. The molecule has 0 radical (unpaired) electrons. The number of rotatable bonds is 2. The minimum Gasteiger partial charge on any atom is -0.467 e. The summed E-state index contributed by atoms with van der Waals surface area (Å²) in [4.78, 5) is 0. The van der Waals surface area contributed by atoms with E-state index in [1.807, 2.05) is 0 Å². The highest BCUT2D eigenvalue weighted by Gasteiger charge is 2.36. The number of hydrogen-bond donors (Lipinski definition) is 1. The van der Waals surface area contributed by atoms with Gasteiger partial charge in [0.2, 0.25) is 0 Å². The van der Waals surface area contributed by atoms with Gasteiger partial charge in [0.1, 0.15) is 5.76 Å². The van der Waals surface area contributed by atoms with E-state index in [2.05, 4.69) is 4.42 Å². The molecule has 0 aliphatic rings. The Bertz CT molecular complexity index is 350. The third kappa shape index (κ3) is 2.06. The van der Waals surface area contributed by atoms with Gasteiger partial charge in [-0.2, -0.15) is 18.4 Å². The Morgan fingerprint density at radius 3 is 2.71 bits per heavy atom. The number of hydrogen-bond acceptors (Lipinski definition) is 3. The van der Waals surface area contributed by atoms with Crippen molar-refractivity contribution in [3.63, 3.8) is 0 Å². The molecule has 1 atom stereocenters. The van der Waals surface area contributed by atoms with Gasteiger partial charge in [-0.1, -0.05) is 0 Å². The van der Waals surface area contributed by atoms with Gasteiger partial charge in [0.25, 0.3) is 0 Å². The van der Waals surface area contributed by atoms with Gasteiger partial charge in [-0.25, -0.2) is 0 Å². The zero-order valence-electron chi connectivity index (χ0n) is 7.01. The smallest absolute Gasteiger partial charge is 0.419 e. The van der Waals surface area contributed by atoms with Crippen LogP contribution in [-0.4, -0.2) is 0 Å². The molecule has 3 nitrogen and oxygen atoms in total. The number of halogens is 3. The highest BCUT2D eigenvalue weighted by Crippen LogP contribution is 2.35. The van der Waals surface area contributed by atoms with Crippen LogP contribution in [0.1, 0.15) is 23.8 Å². The summed E-state index contributed by atoms with van der Waals surface area (Å²) in [7, 11) is 0. The Balaban J connectivity index is 3.00. The van der Waals surface area contributed by atoms with E-state index >= 15 is 0 Å². The zero-order chi connectivity index (χ0) is 10.8. The summed E-state index contributed by atoms with van der Waals surface area (Å²) in [5.74, 6) is -0.390. The highest BCUT2D eigenvalue weighted by molar-refractivity contribution is 5.23. The van der Waals surface area contributed by atoms with E-state index < -0.39 is 17.8 Å². The van der Waals surface area contributed by atoms with Crippen LogP contribution in [-0.2, 0) is 6.18 Å². The van der Waals surface area contributed by atoms with E-state index in [9.17, 15) is 13.2 Å². The minimum absolute atomic E-state index is 0.212. The average Bonchev–Trinajstić information content (AvgIpc) is 2.50. The summed E-state index contributed by atoms with van der Waals surface area (Å²) in [6.07, 6.45) is -3.79. The quantitative estimate of drug-likeness (QED) is 0.803. The van der Waals surface area contributed by atoms with Gasteiger partial charge in [-0.3, -0.25) is 0 Å². The maximum atomic E-state index is 12.3. The lowest BCUT2D eigenvalue weighted by Gasteiger charge is -2.09. The van der Waals surface area contributed by atoms with Crippen molar-refractivity contribution in [2.75, 3.05) is 0 Å². The lowest BCUT2D eigenvalue weighted by atomic mass is 10.1. The standard InChI is InChI=1S/C8H7F3N2O/c9-8(10,11)5-2-4-14-7(5)6(13)1-3-12/h2,4,6H,1,13H2/t6-/m0/s1. The van der Waals surface area contributed by atoms with E-state index in [0.29, 0.717) is 0 Å². The molecule has 0 aromatic carbocycles. The van der Waals surface area contributed by atoms with Gasteiger partial charge in [0.15, 0.2) is 0 Å². The van der Waals surface area contributed by atoms with Crippen LogP contribution in [0, 0.1) is 11.3 Å². The molecule has 2 N–H and O–H groups in total. The predicted octanol–water partition coefficient (Wildman–Crippen LogP) is 2.21. The zero-order valence-corrected chi connectivity index (χ0v) is 7.01. The maximum Gasteiger partial charge on any atom is 0.419 e. The molecule has 1 rings (SSSR count). The van der Waals surface area contributed by atoms with Gasteiger partial charge in [-0.15, -0.1) is 0 Å². The molecule has 0 aliphatic heterocycles. The molecule has 0 amide bonds. The van der Waals surface area contributed by atoms with Crippen LogP contribution in [0.15, 0.2) is 16.7 Å². The largest absolute Gasteiger partial charge is 0.467 e. The Hall–Kier alpha value is -1.48. The lowest BCUT2D eigenvalue weighted by Crippen LogP contribution is -2.15. The number of nitrogens with zero attached hydrogens (tertiary/aromatic N) is 1. The number of furan rings is 1. The Kier molecular flexibility index (Phi) is 2.81. The summed E-state index contributed by atoms with van der Waals surface area (Å²) in [5, 5.41) is 8.28. The van der Waals surface area contributed by atoms with E-state index in [-0.39, 0.29) is 12.2 Å². The number of alkyl halides is 3. The number of nitrogens with two attached hydrogens (primary N) is 1. The fourth-order valence-corrected chi connectivity index (χ4v) is 1.03. The van der Waals surface area contributed by atoms with Crippen molar-refractivity contribution in [3.8, 4) is 6.07 Å². The minimum atomic E-state index is -4.49. The molecule has 1 aromatic heterocycles. The van der Waals surface area contributed by atoms with Crippen molar-refractivity contribution in [2.45, 2.75) is 18.6 Å². The second kappa shape index (κ2) is 3.72. The van der Waals surface area contributed by atoms with E-state index in [1.165, 1.54) is 0 Å². The van der Waals surface area contributed by atoms with Gasteiger partial charge in [-0.05, 0) is 6.07 Å². The molecule has 1 aromatic rings. The molecule has 6 heteroatoms. The third-order valence-electron chi connectivity index (χ3n) is 1.65. The van der Waals surface area contributed by atoms with Crippen LogP contribution in [0.3, 0.4) is 0 Å². The predicted molar refractivity (Wildman–Crippen MR) is 40.9 cm³/mol. The summed E-state index contributed by atoms with van der Waals surface area (Å²) in [6.45, 7) is 0. The monoisotopic (exact) mass is 204 g/mol. The van der Waals surface area contributed by atoms with E-state index in [0.717, 1.165) is 12.3 Å². The molecule has 0 spiro atoms. The Labute approximate surface area is 77.9 Å². The van der Waals surface area contributed by atoms with Crippen molar-refractivity contribution in [1.29, 1.82) is 5.26 Å². The molecule has 0 fully saturated rings. The van der Waals surface area contributed by atoms with E-state index in [4.69, 9.17) is 11.0 Å². The van der Waals surface area contributed by atoms with Crippen LogP contribution in [0.5, 0.6) is 0 Å². The van der Waals surface area contributed by atoms with E-state index in [1.54, 1.807) is 6.07 Å². The fraction of sp³-hybridized carbons (Fsp3) is 0.375. The normalized spacial score (nSPS) is 13.6. The highest BCUT2D eigenvalue weighted by atomic mass is 19.4. The van der Waals surface area contributed by atoms with Crippen molar-refractivity contribution in [2.24, 2.45) is 5.73 Å². The summed E-state index contributed by atoms with van der Waals surface area (Å²) < 4.78 is 41.5. The summed E-state index contributed by atoms with van der Waals surface area (Å²) in [5.41, 5.74) is 4.41. The molecular weight excluding hydrogens is 197 g/mol. The van der Waals surface area contributed by atoms with Gasteiger partial charge < -0.3 is 10.2 Å². The Morgan fingerprint density at radius 2 is 2.21 bits per heavy atom. The maximum absolute atomic E-state index is 12.3. The average molecular weight is 204 g/mol. The van der Waals surface area contributed by atoms with Crippen LogP contribution in [0.25, 0.3) is 0 Å². The molecule has 14 heavy (non-hydrogen) atoms. The molecule has 0 saturated heterocycles. The van der Waals surface area contributed by atoms with Crippen LogP contribution in [0.4, 0.5) is 13.2 Å². The Morgan fingerprint density at radius 1 is 1.57 bits per heavy atom. The topological polar surface area (TPSA) is 63.0 Å². The molecule has 0 bridgehead atoms. The van der Waals surface area contributed by atoms with Crippen molar-refractivity contribution in [1.82, 2.24) is 0 Å². The summed E-state index contributed by atoms with van der Waals surface area (Å²) in [6, 6.07) is 1.44. The van der Waals surface area contributed by atoms with Crippen LogP contribution in [0.2, 0.25) is 0 Å². The number of nitriles is 1. The molecule has 0 unspecified atom stereocenters. The first-order valence-electron chi connectivity index (χ1n) is 3.74. The first kappa shape index (κ1) is 10.6. The third-order valence-corrected chi connectivity index (χ3v) is 1.65. The molecule has 0 saturated carbocycles. The molecule has 1 heterocycles. The SMILES string of the molecule is N#CC[C@H](N)c1occc1C(F)(F)F. The fourth-order valence-electron chi connectivity index (χ4n) is 1.03. The second-order valence-electron chi connectivity index (χ2n) is 2.67. The van der Waals surface area contributed by atoms with Crippen molar-refractivity contribution in [3.05, 3.63) is 23.7 Å². The van der Waals surface area contributed by atoms with Gasteiger partial charge in [0, 0.05) is 0 Å². The molecular formula is C8H7F3N2O. The van der Waals surface area contributed by atoms with Gasteiger partial charge in [0.05, 0.1) is 30.4 Å². The van der Waals surface area contributed by atoms with Crippen LogP contribution < -0.4 is 5.73 Å². The summed E-state index contributed by atoms with van der Waals surface area (Å²) >= 11 is 0. The van der Waals surface area contributed by atoms with Crippen molar-refractivity contribution >= 4 is 0 Å². The first-order chi connectivity index (χ1) is 6.46. The second-order valence-corrected chi connectivity index (χ2v) is 2.67. The van der Waals surface area contributed by atoms with Crippen LogP contribution >= 0.6 is 0 Å². The first-order valence-corrected chi connectivity index (χ1v) is 3.74.